The van der Waals surface area contributed by atoms with Gasteiger partial charge in [-0.15, -0.1) is 0 Å². The molecule has 0 aliphatic rings. The highest BCUT2D eigenvalue weighted by molar-refractivity contribution is 5.94. The van der Waals surface area contributed by atoms with Gasteiger partial charge in [-0.05, 0) is 41.7 Å². The Hall–Kier alpha value is -3.02. The molecule has 6 heteroatoms. The summed E-state index contributed by atoms with van der Waals surface area (Å²) in [7, 11) is 3.10. The number of hydrogen-bond donors (Lipinski definition) is 2. The minimum atomic E-state index is -0.171. The minimum absolute atomic E-state index is 0.103. The van der Waals surface area contributed by atoms with Crippen LogP contribution in [0.5, 0.6) is 11.5 Å². The van der Waals surface area contributed by atoms with Gasteiger partial charge in [-0.1, -0.05) is 32.9 Å². The van der Waals surface area contributed by atoms with Gasteiger partial charge < -0.3 is 20.1 Å². The van der Waals surface area contributed by atoms with E-state index in [1.807, 2.05) is 31.2 Å². The first-order valence-electron chi connectivity index (χ1n) is 9.74. The zero-order chi connectivity index (χ0) is 21.4. The second kappa shape index (κ2) is 10.5. The SMILES string of the molecule is COc1ccc(NC(=O)C[C@@H](C)CC(=O)Nc2ccc(C(C)C)cc2)c(OC)c1. The quantitative estimate of drug-likeness (QED) is 0.635. The van der Waals surface area contributed by atoms with Crippen LogP contribution in [-0.2, 0) is 9.59 Å². The van der Waals surface area contributed by atoms with Gasteiger partial charge in [-0.3, -0.25) is 9.59 Å². The van der Waals surface area contributed by atoms with E-state index < -0.39 is 0 Å². The van der Waals surface area contributed by atoms with Gasteiger partial charge >= 0.3 is 0 Å². The van der Waals surface area contributed by atoms with Gasteiger partial charge in [0.1, 0.15) is 11.5 Å². The van der Waals surface area contributed by atoms with Crippen molar-refractivity contribution < 1.29 is 19.1 Å². The number of ether oxygens (including phenoxy) is 2. The number of carbonyl (C=O) groups excluding carboxylic acids is 2. The van der Waals surface area contributed by atoms with Crippen LogP contribution in [0, 0.1) is 5.92 Å². The minimum Gasteiger partial charge on any atom is -0.497 e. The van der Waals surface area contributed by atoms with Crippen molar-refractivity contribution >= 4 is 23.2 Å². The van der Waals surface area contributed by atoms with Gasteiger partial charge in [0, 0.05) is 24.6 Å². The summed E-state index contributed by atoms with van der Waals surface area (Å²) >= 11 is 0. The Labute approximate surface area is 172 Å². The third-order valence-electron chi connectivity index (χ3n) is 4.61. The molecule has 29 heavy (non-hydrogen) atoms. The molecule has 2 aromatic rings. The number of amides is 2. The van der Waals surface area contributed by atoms with Gasteiger partial charge in [0.15, 0.2) is 0 Å². The smallest absolute Gasteiger partial charge is 0.224 e. The van der Waals surface area contributed by atoms with Gasteiger partial charge in [-0.25, -0.2) is 0 Å². The third kappa shape index (κ3) is 6.82. The van der Waals surface area contributed by atoms with Crippen LogP contribution in [0.15, 0.2) is 42.5 Å². The predicted molar refractivity (Wildman–Crippen MR) is 116 cm³/mol. The number of benzene rings is 2. The highest BCUT2D eigenvalue weighted by atomic mass is 16.5. The maximum absolute atomic E-state index is 12.4. The second-order valence-corrected chi connectivity index (χ2v) is 7.45. The van der Waals surface area contributed by atoms with E-state index in [0.717, 1.165) is 5.69 Å². The first-order valence-corrected chi connectivity index (χ1v) is 9.74. The molecule has 2 aromatic carbocycles. The van der Waals surface area contributed by atoms with Crippen LogP contribution >= 0.6 is 0 Å². The summed E-state index contributed by atoms with van der Waals surface area (Å²) in [5.74, 6) is 1.23. The predicted octanol–water partition coefficient (Wildman–Crippen LogP) is 4.82. The molecular weight excluding hydrogens is 368 g/mol. The maximum atomic E-state index is 12.4. The molecule has 2 rings (SSSR count). The number of methoxy groups -OCH3 is 2. The molecule has 0 aliphatic heterocycles. The van der Waals surface area contributed by atoms with Crippen molar-refractivity contribution in [1.82, 2.24) is 0 Å². The van der Waals surface area contributed by atoms with E-state index in [0.29, 0.717) is 23.1 Å². The lowest BCUT2D eigenvalue weighted by Crippen LogP contribution is -2.20. The van der Waals surface area contributed by atoms with Crippen LogP contribution in [-0.4, -0.2) is 26.0 Å². The Balaban J connectivity index is 1.85. The molecule has 0 heterocycles. The molecule has 0 bridgehead atoms. The Morgan fingerprint density at radius 1 is 0.862 bits per heavy atom. The van der Waals surface area contributed by atoms with Gasteiger partial charge in [-0.2, -0.15) is 0 Å². The number of rotatable bonds is 9. The fourth-order valence-corrected chi connectivity index (χ4v) is 2.97. The molecule has 0 radical (unpaired) electrons. The lowest BCUT2D eigenvalue weighted by atomic mass is 10.0. The summed E-state index contributed by atoms with van der Waals surface area (Å²) in [6, 6.07) is 13.0. The number of hydrogen-bond acceptors (Lipinski definition) is 4. The van der Waals surface area contributed by atoms with Crippen molar-refractivity contribution in [2.24, 2.45) is 5.92 Å². The number of anilines is 2. The Kier molecular flexibility index (Phi) is 8.07. The lowest BCUT2D eigenvalue weighted by molar-refractivity contribution is -0.118. The average molecular weight is 399 g/mol. The standard InChI is InChI=1S/C23H30N2O4/c1-15(2)17-6-8-18(9-7-17)24-22(26)12-16(3)13-23(27)25-20-11-10-19(28-4)14-21(20)29-5/h6-11,14-16H,12-13H2,1-5H3,(H,24,26)(H,25,27)/t16-/m0/s1. The first-order chi connectivity index (χ1) is 13.8. The molecule has 0 spiro atoms. The molecular formula is C23H30N2O4. The van der Waals surface area contributed by atoms with Crippen molar-refractivity contribution in [1.29, 1.82) is 0 Å². The largest absolute Gasteiger partial charge is 0.497 e. The van der Waals surface area contributed by atoms with E-state index in [-0.39, 0.29) is 30.6 Å². The normalized spacial score (nSPS) is 11.7. The fraction of sp³-hybridized carbons (Fsp3) is 0.391. The Bertz CT molecular complexity index is 831. The summed E-state index contributed by atoms with van der Waals surface area (Å²) in [6.45, 7) is 6.13. The summed E-state index contributed by atoms with van der Waals surface area (Å²) in [5.41, 5.74) is 2.56. The summed E-state index contributed by atoms with van der Waals surface area (Å²) in [5, 5.41) is 5.72. The van der Waals surface area contributed by atoms with E-state index in [2.05, 4.69) is 24.5 Å². The van der Waals surface area contributed by atoms with Crippen molar-refractivity contribution in [2.45, 2.75) is 39.5 Å². The van der Waals surface area contributed by atoms with Crippen LogP contribution in [0.25, 0.3) is 0 Å². The Morgan fingerprint density at radius 3 is 2.03 bits per heavy atom. The molecule has 0 aromatic heterocycles. The molecule has 2 amide bonds. The molecule has 0 saturated heterocycles. The van der Waals surface area contributed by atoms with E-state index in [4.69, 9.17) is 9.47 Å². The van der Waals surface area contributed by atoms with Crippen molar-refractivity contribution in [3.05, 3.63) is 48.0 Å². The Morgan fingerprint density at radius 2 is 1.48 bits per heavy atom. The number of nitrogens with one attached hydrogen (secondary N) is 2. The summed E-state index contributed by atoms with van der Waals surface area (Å²) in [6.07, 6.45) is 0.494. The molecule has 6 nitrogen and oxygen atoms in total. The molecule has 1 atom stereocenters. The average Bonchev–Trinajstić information content (AvgIpc) is 2.68. The zero-order valence-electron chi connectivity index (χ0n) is 17.7. The van der Waals surface area contributed by atoms with Crippen molar-refractivity contribution in [2.75, 3.05) is 24.9 Å². The monoisotopic (exact) mass is 398 g/mol. The van der Waals surface area contributed by atoms with Crippen molar-refractivity contribution in [3.63, 3.8) is 0 Å². The highest BCUT2D eigenvalue weighted by Gasteiger charge is 2.15. The van der Waals surface area contributed by atoms with E-state index in [1.165, 1.54) is 12.7 Å². The third-order valence-corrected chi connectivity index (χ3v) is 4.61. The second-order valence-electron chi connectivity index (χ2n) is 7.45. The van der Waals surface area contributed by atoms with Gasteiger partial charge in [0.2, 0.25) is 11.8 Å². The topological polar surface area (TPSA) is 76.7 Å². The first kappa shape index (κ1) is 22.3. The van der Waals surface area contributed by atoms with Crippen molar-refractivity contribution in [3.8, 4) is 11.5 Å². The molecule has 0 fully saturated rings. The van der Waals surface area contributed by atoms with Crippen LogP contribution < -0.4 is 20.1 Å². The zero-order valence-corrected chi connectivity index (χ0v) is 17.7. The van der Waals surface area contributed by atoms with Gasteiger partial charge in [0.25, 0.3) is 0 Å². The van der Waals surface area contributed by atoms with Crippen LogP contribution in [0.1, 0.15) is 45.1 Å². The molecule has 156 valence electrons. The molecule has 0 aliphatic carbocycles. The van der Waals surface area contributed by atoms with E-state index in [1.54, 1.807) is 25.3 Å². The summed E-state index contributed by atoms with van der Waals surface area (Å²) < 4.78 is 10.4. The van der Waals surface area contributed by atoms with E-state index >= 15 is 0 Å². The maximum Gasteiger partial charge on any atom is 0.224 e. The lowest BCUT2D eigenvalue weighted by Gasteiger charge is -2.14. The number of carbonyl (C=O) groups is 2. The molecule has 0 unspecified atom stereocenters. The van der Waals surface area contributed by atoms with Gasteiger partial charge in [0.05, 0.1) is 19.9 Å². The van der Waals surface area contributed by atoms with E-state index in [9.17, 15) is 9.59 Å². The molecule has 2 N–H and O–H groups in total. The summed E-state index contributed by atoms with van der Waals surface area (Å²) in [4.78, 5) is 24.6. The van der Waals surface area contributed by atoms with Crippen LogP contribution in [0.3, 0.4) is 0 Å². The van der Waals surface area contributed by atoms with Crippen LogP contribution in [0.4, 0.5) is 11.4 Å². The fourth-order valence-electron chi connectivity index (χ4n) is 2.97. The van der Waals surface area contributed by atoms with Crippen LogP contribution in [0.2, 0.25) is 0 Å². The highest BCUT2D eigenvalue weighted by Crippen LogP contribution is 2.29. The molecule has 0 saturated carbocycles.